The van der Waals surface area contributed by atoms with Gasteiger partial charge in [-0.05, 0) is 50.3 Å². The number of likely N-dealkylation sites (tertiary alicyclic amines) is 1. The van der Waals surface area contributed by atoms with Crippen LogP contribution in [0.3, 0.4) is 0 Å². The molecule has 0 aliphatic carbocycles. The summed E-state index contributed by atoms with van der Waals surface area (Å²) in [6, 6.07) is 5.09. The second-order valence-electron chi connectivity index (χ2n) is 7.74. The molecule has 0 aromatic heterocycles. The van der Waals surface area contributed by atoms with E-state index in [1.54, 1.807) is 12.1 Å². The van der Waals surface area contributed by atoms with Crippen molar-refractivity contribution in [3.05, 3.63) is 23.8 Å². The fraction of sp³-hybridized carbons (Fsp3) is 0.650. The summed E-state index contributed by atoms with van der Waals surface area (Å²) in [5.41, 5.74) is 1.40. The Hall–Kier alpha value is -1.64. The lowest BCUT2D eigenvalue weighted by Crippen LogP contribution is -2.41. The molecule has 154 valence electrons. The summed E-state index contributed by atoms with van der Waals surface area (Å²) in [5.74, 6) is -0.0411. The van der Waals surface area contributed by atoms with Crippen LogP contribution < -0.4 is 4.90 Å². The van der Waals surface area contributed by atoms with Crippen LogP contribution in [0.4, 0.5) is 5.69 Å². The third-order valence-corrected chi connectivity index (χ3v) is 7.79. The molecule has 1 aromatic carbocycles. The number of hydrogen-bond acceptors (Lipinski definition) is 5. The number of carbonyl (C=O) groups is 1. The summed E-state index contributed by atoms with van der Waals surface area (Å²) in [6.07, 6.45) is 5.37. The van der Waals surface area contributed by atoms with Crippen LogP contribution in [0, 0.1) is 0 Å². The number of hydrogen-bond donors (Lipinski definition) is 0. The Labute approximate surface area is 167 Å². The van der Waals surface area contributed by atoms with E-state index in [1.807, 2.05) is 11.0 Å². The Morgan fingerprint density at radius 2 is 1.50 bits per heavy atom. The lowest BCUT2D eigenvalue weighted by Gasteiger charge is -2.30. The molecule has 0 radical (unpaired) electrons. The van der Waals surface area contributed by atoms with Gasteiger partial charge in [0.1, 0.15) is 0 Å². The van der Waals surface area contributed by atoms with Gasteiger partial charge in [0.15, 0.2) is 0 Å². The molecular formula is C20H29N3O4S. The molecule has 0 unspecified atom stereocenters. The standard InChI is InChI=1S/C20H29N3O4S/c24-20(22-10-2-1-3-11-22)18-16-17(6-7-19(18)21-8-4-5-9-21)28(25,26)23-12-14-27-15-13-23/h6-7,16H,1-5,8-15H2. The molecule has 0 spiro atoms. The maximum absolute atomic E-state index is 13.3. The number of sulfonamides is 1. The van der Waals surface area contributed by atoms with Crippen LogP contribution in [0.2, 0.25) is 0 Å². The number of ether oxygens (including phenoxy) is 1. The van der Waals surface area contributed by atoms with Gasteiger partial charge in [-0.25, -0.2) is 8.42 Å². The lowest BCUT2D eigenvalue weighted by atomic mass is 10.1. The van der Waals surface area contributed by atoms with Crippen molar-refractivity contribution in [3.8, 4) is 0 Å². The van der Waals surface area contributed by atoms with Crippen LogP contribution in [-0.2, 0) is 14.8 Å². The van der Waals surface area contributed by atoms with Gasteiger partial charge in [-0.15, -0.1) is 0 Å². The van der Waals surface area contributed by atoms with Gasteiger partial charge in [0.2, 0.25) is 10.0 Å². The van der Waals surface area contributed by atoms with Crippen LogP contribution in [0.25, 0.3) is 0 Å². The number of morpholine rings is 1. The first-order valence-electron chi connectivity index (χ1n) is 10.3. The summed E-state index contributed by atoms with van der Waals surface area (Å²) in [7, 11) is -3.62. The van der Waals surface area contributed by atoms with Crippen molar-refractivity contribution in [2.45, 2.75) is 37.0 Å². The molecule has 3 saturated heterocycles. The van der Waals surface area contributed by atoms with Gasteiger partial charge in [0, 0.05) is 45.0 Å². The molecule has 0 atom stereocenters. The van der Waals surface area contributed by atoms with E-state index in [-0.39, 0.29) is 10.8 Å². The van der Waals surface area contributed by atoms with Crippen molar-refractivity contribution in [1.29, 1.82) is 0 Å². The minimum atomic E-state index is -3.62. The molecule has 3 fully saturated rings. The number of rotatable bonds is 4. The zero-order valence-electron chi connectivity index (χ0n) is 16.3. The van der Waals surface area contributed by atoms with Crippen molar-refractivity contribution in [3.63, 3.8) is 0 Å². The van der Waals surface area contributed by atoms with E-state index < -0.39 is 10.0 Å². The average molecular weight is 408 g/mol. The predicted molar refractivity (Wildman–Crippen MR) is 107 cm³/mol. The van der Waals surface area contributed by atoms with E-state index in [0.29, 0.717) is 31.9 Å². The summed E-state index contributed by atoms with van der Waals surface area (Å²) in [6.45, 7) is 4.84. The first kappa shape index (κ1) is 19.7. The van der Waals surface area contributed by atoms with Gasteiger partial charge >= 0.3 is 0 Å². The number of anilines is 1. The highest BCUT2D eigenvalue weighted by Crippen LogP contribution is 2.30. The smallest absolute Gasteiger partial charge is 0.256 e. The van der Waals surface area contributed by atoms with Crippen LogP contribution in [-0.4, -0.2) is 76.0 Å². The van der Waals surface area contributed by atoms with Crippen molar-refractivity contribution >= 4 is 21.6 Å². The SMILES string of the molecule is O=C(c1cc(S(=O)(=O)N2CCOCC2)ccc1N1CCCC1)N1CCCCC1. The van der Waals surface area contributed by atoms with Crippen LogP contribution in [0.1, 0.15) is 42.5 Å². The minimum Gasteiger partial charge on any atom is -0.379 e. The Morgan fingerprint density at radius 1 is 0.857 bits per heavy atom. The Kier molecular flexibility index (Phi) is 5.89. The fourth-order valence-corrected chi connectivity index (χ4v) is 5.72. The first-order chi connectivity index (χ1) is 13.6. The highest BCUT2D eigenvalue weighted by atomic mass is 32.2. The summed E-state index contributed by atoms with van der Waals surface area (Å²) >= 11 is 0. The lowest BCUT2D eigenvalue weighted by molar-refractivity contribution is 0.0722. The molecule has 0 bridgehead atoms. The zero-order valence-corrected chi connectivity index (χ0v) is 17.1. The quantitative estimate of drug-likeness (QED) is 0.763. The van der Waals surface area contributed by atoms with Crippen molar-refractivity contribution in [2.75, 3.05) is 57.4 Å². The van der Waals surface area contributed by atoms with Gasteiger partial charge in [-0.3, -0.25) is 4.79 Å². The number of amides is 1. The largest absolute Gasteiger partial charge is 0.379 e. The highest BCUT2D eigenvalue weighted by molar-refractivity contribution is 7.89. The molecule has 3 aliphatic rings. The molecule has 1 aromatic rings. The molecule has 3 aliphatic heterocycles. The first-order valence-corrected chi connectivity index (χ1v) is 11.8. The normalized spacial score (nSPS) is 21.9. The molecule has 7 nitrogen and oxygen atoms in total. The van der Waals surface area contributed by atoms with Gasteiger partial charge in [0.25, 0.3) is 5.91 Å². The second kappa shape index (κ2) is 8.39. The summed E-state index contributed by atoms with van der Waals surface area (Å²) in [5, 5.41) is 0. The molecule has 1 amide bonds. The minimum absolute atomic E-state index is 0.0411. The van der Waals surface area contributed by atoms with Crippen LogP contribution >= 0.6 is 0 Å². The van der Waals surface area contributed by atoms with Gasteiger partial charge in [-0.2, -0.15) is 4.31 Å². The van der Waals surface area contributed by atoms with Crippen molar-refractivity contribution < 1.29 is 17.9 Å². The molecule has 28 heavy (non-hydrogen) atoms. The van der Waals surface area contributed by atoms with Crippen LogP contribution in [0.15, 0.2) is 23.1 Å². The highest BCUT2D eigenvalue weighted by Gasteiger charge is 2.30. The molecule has 0 N–H and O–H groups in total. The molecule has 0 saturated carbocycles. The molecule has 3 heterocycles. The van der Waals surface area contributed by atoms with Gasteiger partial charge in [0.05, 0.1) is 23.7 Å². The molecular weight excluding hydrogens is 378 g/mol. The van der Waals surface area contributed by atoms with E-state index >= 15 is 0 Å². The molecule has 8 heteroatoms. The number of carbonyl (C=O) groups excluding carboxylic acids is 1. The number of benzene rings is 1. The average Bonchev–Trinajstić information content (AvgIpc) is 3.29. The number of piperidine rings is 1. The third kappa shape index (κ3) is 3.90. The maximum Gasteiger partial charge on any atom is 0.256 e. The van der Waals surface area contributed by atoms with Crippen molar-refractivity contribution in [2.24, 2.45) is 0 Å². The Balaban J connectivity index is 1.70. The maximum atomic E-state index is 13.3. The summed E-state index contributed by atoms with van der Waals surface area (Å²) in [4.78, 5) is 17.6. The summed E-state index contributed by atoms with van der Waals surface area (Å²) < 4.78 is 32.9. The Morgan fingerprint density at radius 3 is 2.18 bits per heavy atom. The van der Waals surface area contributed by atoms with Gasteiger partial charge < -0.3 is 14.5 Å². The van der Waals surface area contributed by atoms with Crippen molar-refractivity contribution in [1.82, 2.24) is 9.21 Å². The second-order valence-corrected chi connectivity index (χ2v) is 9.68. The fourth-order valence-electron chi connectivity index (χ4n) is 4.28. The van der Waals surface area contributed by atoms with E-state index in [4.69, 9.17) is 4.74 Å². The zero-order chi connectivity index (χ0) is 19.6. The van der Waals surface area contributed by atoms with Gasteiger partial charge in [-0.1, -0.05) is 0 Å². The van der Waals surface area contributed by atoms with E-state index in [0.717, 1.165) is 64.0 Å². The van der Waals surface area contributed by atoms with E-state index in [2.05, 4.69) is 4.90 Å². The van der Waals surface area contributed by atoms with Crippen LogP contribution in [0.5, 0.6) is 0 Å². The topological polar surface area (TPSA) is 70.2 Å². The predicted octanol–water partition coefficient (Wildman–Crippen LogP) is 1.93. The Bertz CT molecular complexity index is 809. The number of nitrogens with zero attached hydrogens (tertiary/aromatic N) is 3. The molecule has 4 rings (SSSR count). The van der Waals surface area contributed by atoms with E-state index in [9.17, 15) is 13.2 Å². The third-order valence-electron chi connectivity index (χ3n) is 5.90. The monoisotopic (exact) mass is 407 g/mol. The van der Waals surface area contributed by atoms with E-state index in [1.165, 1.54) is 4.31 Å².